The molecule has 0 amide bonds. The van der Waals surface area contributed by atoms with Crippen LogP contribution < -0.4 is 5.32 Å². The van der Waals surface area contributed by atoms with Crippen molar-refractivity contribution in [2.45, 2.75) is 37.6 Å². The van der Waals surface area contributed by atoms with Crippen LogP contribution >= 0.6 is 23.2 Å². The Hall–Kier alpha value is -0.330. The average Bonchev–Trinajstić information content (AvgIpc) is 2.45. The van der Waals surface area contributed by atoms with E-state index < -0.39 is 10.0 Å². The summed E-state index contributed by atoms with van der Waals surface area (Å²) in [6.45, 7) is 5.10. The van der Waals surface area contributed by atoms with Crippen molar-refractivity contribution in [2.75, 3.05) is 20.1 Å². The predicted molar refractivity (Wildman–Crippen MR) is 86.8 cm³/mol. The van der Waals surface area contributed by atoms with Crippen molar-refractivity contribution in [3.05, 3.63) is 27.2 Å². The Kier molecular flexibility index (Phi) is 5.21. The van der Waals surface area contributed by atoms with E-state index in [2.05, 4.69) is 5.32 Å². The minimum atomic E-state index is -3.66. The Morgan fingerprint density at radius 1 is 1.24 bits per heavy atom. The van der Waals surface area contributed by atoms with Crippen LogP contribution in [-0.4, -0.2) is 38.9 Å². The fraction of sp³-hybridized carbons (Fsp3) is 0.571. The first-order valence-electron chi connectivity index (χ1n) is 6.90. The lowest BCUT2D eigenvalue weighted by Gasteiger charge is -2.31. The van der Waals surface area contributed by atoms with Crippen molar-refractivity contribution in [1.29, 1.82) is 0 Å². The Bertz CT molecular complexity index is 615. The van der Waals surface area contributed by atoms with Gasteiger partial charge in [-0.05, 0) is 57.0 Å². The maximum atomic E-state index is 12.9. The van der Waals surface area contributed by atoms with E-state index in [0.29, 0.717) is 16.1 Å². The Balaban J connectivity index is 2.49. The van der Waals surface area contributed by atoms with Gasteiger partial charge in [0.25, 0.3) is 0 Å². The minimum absolute atomic E-state index is 0.00833. The molecular weight excluding hydrogens is 331 g/mol. The number of benzene rings is 1. The highest BCUT2D eigenvalue weighted by Gasteiger charge is 2.32. The molecule has 0 aliphatic carbocycles. The molecule has 1 aliphatic heterocycles. The molecule has 21 heavy (non-hydrogen) atoms. The number of rotatable bonds is 3. The minimum Gasteiger partial charge on any atom is -0.317 e. The van der Waals surface area contributed by atoms with E-state index in [1.807, 2.05) is 0 Å². The summed E-state index contributed by atoms with van der Waals surface area (Å²) in [6.07, 6.45) is 1.60. The highest BCUT2D eigenvalue weighted by Crippen LogP contribution is 2.35. The fourth-order valence-electron chi connectivity index (χ4n) is 2.63. The standard InChI is InChI=1S/C14H20Cl2N2O2S/c1-9-8-12(15)10(2)14(13(9)16)21(19,20)18(3)11-4-6-17-7-5-11/h8,11,17H,4-7H2,1-3H3. The molecule has 1 aromatic rings. The molecule has 1 saturated heterocycles. The van der Waals surface area contributed by atoms with Gasteiger partial charge in [-0.25, -0.2) is 8.42 Å². The first-order chi connectivity index (χ1) is 9.76. The van der Waals surface area contributed by atoms with E-state index in [-0.39, 0.29) is 16.0 Å². The third kappa shape index (κ3) is 3.22. The summed E-state index contributed by atoms with van der Waals surface area (Å²) in [5.41, 5.74) is 1.18. The molecule has 4 nitrogen and oxygen atoms in total. The van der Waals surface area contributed by atoms with Gasteiger partial charge >= 0.3 is 0 Å². The summed E-state index contributed by atoms with van der Waals surface area (Å²) in [6, 6.07) is 1.69. The molecular formula is C14H20Cl2N2O2S. The molecule has 118 valence electrons. The van der Waals surface area contributed by atoms with Gasteiger partial charge in [-0.3, -0.25) is 0 Å². The molecule has 0 radical (unpaired) electrons. The fourth-order valence-corrected chi connectivity index (χ4v) is 5.21. The molecule has 0 aromatic heterocycles. The van der Waals surface area contributed by atoms with Crippen molar-refractivity contribution in [2.24, 2.45) is 0 Å². The molecule has 1 N–H and O–H groups in total. The quantitative estimate of drug-likeness (QED) is 0.911. The summed E-state index contributed by atoms with van der Waals surface area (Å²) >= 11 is 12.4. The van der Waals surface area contributed by atoms with E-state index in [4.69, 9.17) is 23.2 Å². The summed E-state index contributed by atoms with van der Waals surface area (Å²) < 4.78 is 27.3. The van der Waals surface area contributed by atoms with Crippen LogP contribution in [-0.2, 0) is 10.0 Å². The van der Waals surface area contributed by atoms with E-state index >= 15 is 0 Å². The summed E-state index contributed by atoms with van der Waals surface area (Å²) in [5.74, 6) is 0. The van der Waals surface area contributed by atoms with Gasteiger partial charge in [0, 0.05) is 18.1 Å². The van der Waals surface area contributed by atoms with E-state index in [9.17, 15) is 8.42 Å². The van der Waals surface area contributed by atoms with E-state index in [1.165, 1.54) is 4.31 Å². The van der Waals surface area contributed by atoms with Crippen molar-refractivity contribution in [3.8, 4) is 0 Å². The zero-order valence-electron chi connectivity index (χ0n) is 12.4. The van der Waals surface area contributed by atoms with Gasteiger partial charge in [0.05, 0.1) is 5.02 Å². The average molecular weight is 351 g/mol. The third-order valence-corrected chi connectivity index (χ3v) is 7.12. The van der Waals surface area contributed by atoms with Crippen LogP contribution in [0.2, 0.25) is 10.0 Å². The third-order valence-electron chi connectivity index (χ3n) is 4.05. The molecule has 1 aromatic carbocycles. The van der Waals surface area contributed by atoms with Gasteiger partial charge in [-0.1, -0.05) is 23.2 Å². The number of sulfonamides is 1. The smallest absolute Gasteiger partial charge is 0.244 e. The topological polar surface area (TPSA) is 49.4 Å². The van der Waals surface area contributed by atoms with E-state index in [1.54, 1.807) is 27.0 Å². The molecule has 0 unspecified atom stereocenters. The van der Waals surface area contributed by atoms with Gasteiger partial charge in [0.1, 0.15) is 4.90 Å². The zero-order valence-corrected chi connectivity index (χ0v) is 14.7. The first-order valence-corrected chi connectivity index (χ1v) is 9.10. The highest BCUT2D eigenvalue weighted by atomic mass is 35.5. The second kappa shape index (κ2) is 6.42. The molecule has 2 rings (SSSR count). The maximum Gasteiger partial charge on any atom is 0.244 e. The summed E-state index contributed by atoms with van der Waals surface area (Å²) in [7, 11) is -2.03. The predicted octanol–water partition coefficient (Wildman–Crippen LogP) is 2.98. The maximum absolute atomic E-state index is 12.9. The molecule has 1 aliphatic rings. The normalized spacial score (nSPS) is 17.4. The van der Waals surface area contributed by atoms with Crippen LogP contribution in [0.4, 0.5) is 0 Å². The van der Waals surface area contributed by atoms with Gasteiger partial charge < -0.3 is 5.32 Å². The summed E-state index contributed by atoms with van der Waals surface area (Å²) in [4.78, 5) is 0.134. The molecule has 7 heteroatoms. The molecule has 1 fully saturated rings. The van der Waals surface area contributed by atoms with Crippen molar-refractivity contribution in [3.63, 3.8) is 0 Å². The lowest BCUT2D eigenvalue weighted by atomic mass is 10.1. The lowest BCUT2D eigenvalue weighted by molar-refractivity contribution is 0.296. The molecule has 1 heterocycles. The van der Waals surface area contributed by atoms with Crippen LogP contribution in [0.3, 0.4) is 0 Å². The number of hydrogen-bond acceptors (Lipinski definition) is 3. The Labute approximate surface area is 136 Å². The number of nitrogens with one attached hydrogen (secondary N) is 1. The first kappa shape index (κ1) is 17.0. The van der Waals surface area contributed by atoms with Crippen molar-refractivity contribution < 1.29 is 8.42 Å². The van der Waals surface area contributed by atoms with Crippen molar-refractivity contribution in [1.82, 2.24) is 9.62 Å². The Morgan fingerprint density at radius 3 is 2.38 bits per heavy atom. The van der Waals surface area contributed by atoms with Crippen LogP contribution in [0, 0.1) is 13.8 Å². The molecule has 0 saturated carbocycles. The number of nitrogens with zero attached hydrogens (tertiary/aromatic N) is 1. The second-order valence-corrected chi connectivity index (χ2v) is 8.17. The second-order valence-electron chi connectivity index (χ2n) is 5.45. The number of aryl methyl sites for hydroxylation is 1. The lowest BCUT2D eigenvalue weighted by Crippen LogP contribution is -2.44. The van der Waals surface area contributed by atoms with Crippen LogP contribution in [0.15, 0.2) is 11.0 Å². The monoisotopic (exact) mass is 350 g/mol. The highest BCUT2D eigenvalue weighted by molar-refractivity contribution is 7.89. The molecule has 0 bridgehead atoms. The van der Waals surface area contributed by atoms with Gasteiger partial charge in [0.2, 0.25) is 10.0 Å². The summed E-state index contributed by atoms with van der Waals surface area (Å²) in [5, 5.41) is 3.92. The number of hydrogen-bond donors (Lipinski definition) is 1. The van der Waals surface area contributed by atoms with Gasteiger partial charge in [-0.15, -0.1) is 0 Å². The Morgan fingerprint density at radius 2 is 1.81 bits per heavy atom. The van der Waals surface area contributed by atoms with Crippen LogP contribution in [0.1, 0.15) is 24.0 Å². The molecule has 0 spiro atoms. The van der Waals surface area contributed by atoms with Gasteiger partial charge in [-0.2, -0.15) is 4.31 Å². The SMILES string of the molecule is Cc1cc(Cl)c(C)c(S(=O)(=O)N(C)C2CCNCC2)c1Cl. The number of piperidine rings is 1. The van der Waals surface area contributed by atoms with Gasteiger partial charge in [0.15, 0.2) is 0 Å². The van der Waals surface area contributed by atoms with Crippen LogP contribution in [0.5, 0.6) is 0 Å². The van der Waals surface area contributed by atoms with Crippen molar-refractivity contribution >= 4 is 33.2 Å². The zero-order chi connectivity index (χ0) is 15.8. The van der Waals surface area contributed by atoms with E-state index in [0.717, 1.165) is 25.9 Å². The largest absolute Gasteiger partial charge is 0.317 e. The number of halogens is 2. The van der Waals surface area contributed by atoms with Crippen LogP contribution in [0.25, 0.3) is 0 Å². The molecule has 0 atom stereocenters.